The minimum Gasteiger partial charge on any atom is -0.463 e. The summed E-state index contributed by atoms with van der Waals surface area (Å²) < 4.78 is 27.6. The number of nitrogens with zero attached hydrogens (tertiary/aromatic N) is 3. The van der Waals surface area contributed by atoms with Crippen LogP contribution in [0.2, 0.25) is 0 Å². The number of nitro groups is 1. The largest absolute Gasteiger partial charge is 0.463 e. The fourth-order valence-electron chi connectivity index (χ4n) is 4.92. The van der Waals surface area contributed by atoms with Gasteiger partial charge in [0.2, 0.25) is 0 Å². The summed E-state index contributed by atoms with van der Waals surface area (Å²) in [7, 11) is 0. The number of fused-ring (bicyclic) bond motifs is 1. The lowest BCUT2D eigenvalue weighted by atomic mass is 9.93. The monoisotopic (exact) mass is 673 g/mol. The first-order valence-corrected chi connectivity index (χ1v) is 14.9. The number of esters is 1. The highest BCUT2D eigenvalue weighted by molar-refractivity contribution is 9.10. The molecule has 0 unspecified atom stereocenters. The van der Waals surface area contributed by atoms with Crippen LogP contribution in [0, 0.1) is 15.9 Å². The van der Waals surface area contributed by atoms with Crippen LogP contribution in [0.5, 0.6) is 0 Å². The lowest BCUT2D eigenvalue weighted by Gasteiger charge is -2.25. The predicted octanol–water partition coefficient (Wildman–Crippen LogP) is 6.01. The Morgan fingerprint density at radius 2 is 1.89 bits per heavy atom. The quantitative estimate of drug-likeness (QED) is 0.119. The van der Waals surface area contributed by atoms with Crippen LogP contribution >= 0.6 is 27.3 Å². The zero-order valence-corrected chi connectivity index (χ0v) is 25.3. The van der Waals surface area contributed by atoms with Gasteiger partial charge in [-0.1, -0.05) is 53.8 Å². The maximum Gasteiger partial charge on any atom is 0.338 e. The van der Waals surface area contributed by atoms with E-state index in [1.54, 1.807) is 31.2 Å². The first kappa shape index (κ1) is 29.1. The molecule has 0 bridgehead atoms. The number of thiazole rings is 1. The topological polar surface area (TPSA) is 117 Å². The summed E-state index contributed by atoms with van der Waals surface area (Å²) in [6, 6.07) is 21.5. The van der Waals surface area contributed by atoms with E-state index in [-0.39, 0.29) is 22.4 Å². The highest BCUT2D eigenvalue weighted by atomic mass is 79.9. The van der Waals surface area contributed by atoms with E-state index in [0.717, 1.165) is 11.3 Å². The summed E-state index contributed by atoms with van der Waals surface area (Å²) in [5.41, 5.74) is 1.78. The second-order valence-electron chi connectivity index (χ2n) is 9.61. The molecule has 2 aromatic heterocycles. The molecule has 5 aromatic rings. The molecule has 0 radical (unpaired) electrons. The third-order valence-electron chi connectivity index (χ3n) is 6.89. The molecule has 0 saturated heterocycles. The third kappa shape index (κ3) is 5.45. The van der Waals surface area contributed by atoms with Crippen molar-refractivity contribution >= 4 is 50.7 Å². The predicted molar refractivity (Wildman–Crippen MR) is 166 cm³/mol. The Hall–Kier alpha value is -4.94. The van der Waals surface area contributed by atoms with Gasteiger partial charge >= 0.3 is 5.97 Å². The van der Waals surface area contributed by atoms with Crippen molar-refractivity contribution in [3.05, 3.63) is 147 Å². The standard InChI is InChI=1S/C32H21BrFN3O6S/c1-2-42-31(39)27-28(18-6-4-3-5-7-18)35-32-36(29(27)19-8-10-20(34)11-9-19)30(38)26(44-32)17-22-13-15-25(43-22)23-14-12-21(37(40)41)16-24(23)33/h3-17,29H,2H2,1H3/b26-17-/t29-/m0/s1. The summed E-state index contributed by atoms with van der Waals surface area (Å²) in [4.78, 5) is 43.2. The van der Waals surface area contributed by atoms with E-state index in [4.69, 9.17) is 14.1 Å². The number of halogens is 2. The number of carbonyl (C=O) groups is 1. The van der Waals surface area contributed by atoms with Gasteiger partial charge < -0.3 is 9.15 Å². The molecule has 1 aliphatic rings. The normalized spacial score (nSPS) is 14.7. The van der Waals surface area contributed by atoms with Crippen LogP contribution in [-0.4, -0.2) is 22.1 Å². The number of carbonyl (C=O) groups excluding carboxylic acids is 1. The summed E-state index contributed by atoms with van der Waals surface area (Å²) in [5.74, 6) is -0.296. The van der Waals surface area contributed by atoms with Gasteiger partial charge in [0.1, 0.15) is 17.3 Å². The van der Waals surface area contributed by atoms with Gasteiger partial charge in [-0.2, -0.15) is 0 Å². The van der Waals surface area contributed by atoms with Gasteiger partial charge in [-0.15, -0.1) is 0 Å². The fourth-order valence-corrected chi connectivity index (χ4v) is 6.47. The van der Waals surface area contributed by atoms with Crippen molar-refractivity contribution in [2.75, 3.05) is 6.61 Å². The van der Waals surface area contributed by atoms with Gasteiger partial charge in [-0.25, -0.2) is 14.2 Å². The molecule has 1 atom stereocenters. The molecule has 12 heteroatoms. The maximum absolute atomic E-state index is 14.0. The van der Waals surface area contributed by atoms with Crippen LogP contribution in [-0.2, 0) is 9.53 Å². The van der Waals surface area contributed by atoms with Gasteiger partial charge in [0.05, 0.1) is 33.4 Å². The van der Waals surface area contributed by atoms with Crippen LogP contribution in [0.1, 0.15) is 29.9 Å². The van der Waals surface area contributed by atoms with Crippen LogP contribution in [0.15, 0.2) is 109 Å². The molecule has 44 heavy (non-hydrogen) atoms. The van der Waals surface area contributed by atoms with E-state index in [1.165, 1.54) is 41.0 Å². The van der Waals surface area contributed by atoms with E-state index < -0.39 is 28.3 Å². The Morgan fingerprint density at radius 3 is 2.57 bits per heavy atom. The van der Waals surface area contributed by atoms with Crippen LogP contribution in [0.25, 0.3) is 23.1 Å². The van der Waals surface area contributed by atoms with Crippen LogP contribution in [0.3, 0.4) is 0 Å². The van der Waals surface area contributed by atoms with Gasteiger partial charge in [-0.3, -0.25) is 19.5 Å². The number of non-ortho nitro benzene ring substituents is 1. The van der Waals surface area contributed by atoms with Gasteiger partial charge in [0.25, 0.3) is 11.2 Å². The lowest BCUT2D eigenvalue weighted by molar-refractivity contribution is -0.384. The van der Waals surface area contributed by atoms with Gasteiger partial charge in [0, 0.05) is 33.8 Å². The van der Waals surface area contributed by atoms with Crippen molar-refractivity contribution in [2.24, 2.45) is 4.99 Å². The maximum atomic E-state index is 14.0. The third-order valence-corrected chi connectivity index (χ3v) is 8.53. The molecule has 0 saturated carbocycles. The second-order valence-corrected chi connectivity index (χ2v) is 11.5. The average molecular weight is 675 g/mol. The molecular formula is C32H21BrFN3O6S. The van der Waals surface area contributed by atoms with Crippen molar-refractivity contribution in [1.29, 1.82) is 0 Å². The first-order valence-electron chi connectivity index (χ1n) is 13.3. The molecular weight excluding hydrogens is 653 g/mol. The zero-order valence-electron chi connectivity index (χ0n) is 22.9. The fraction of sp³-hybridized carbons (Fsp3) is 0.0938. The Morgan fingerprint density at radius 1 is 1.14 bits per heavy atom. The molecule has 3 aromatic carbocycles. The zero-order chi connectivity index (χ0) is 31.0. The van der Waals surface area contributed by atoms with Crippen molar-refractivity contribution in [1.82, 2.24) is 4.57 Å². The Balaban J connectivity index is 1.52. The Bertz CT molecular complexity index is 2130. The number of ether oxygens (including phenoxy) is 1. The van der Waals surface area contributed by atoms with E-state index in [0.29, 0.717) is 43.2 Å². The molecule has 220 valence electrons. The minimum absolute atomic E-state index is 0.0683. The molecule has 0 N–H and O–H groups in total. The van der Waals surface area contributed by atoms with Crippen molar-refractivity contribution in [3.63, 3.8) is 0 Å². The lowest BCUT2D eigenvalue weighted by Crippen LogP contribution is -2.40. The van der Waals surface area contributed by atoms with Crippen molar-refractivity contribution in [2.45, 2.75) is 13.0 Å². The number of aromatic nitrogens is 1. The molecule has 0 aliphatic carbocycles. The molecule has 1 aliphatic heterocycles. The minimum atomic E-state index is -0.938. The summed E-state index contributed by atoms with van der Waals surface area (Å²) >= 11 is 4.48. The van der Waals surface area contributed by atoms with Crippen LogP contribution in [0.4, 0.5) is 10.1 Å². The molecule has 0 amide bonds. The second kappa shape index (κ2) is 12.0. The molecule has 9 nitrogen and oxygen atoms in total. The van der Waals surface area contributed by atoms with Crippen LogP contribution < -0.4 is 14.9 Å². The molecule has 0 fully saturated rings. The van der Waals surface area contributed by atoms with E-state index in [1.807, 2.05) is 30.3 Å². The smallest absolute Gasteiger partial charge is 0.338 e. The summed E-state index contributed by atoms with van der Waals surface area (Å²) in [5, 5.41) is 11.1. The molecule has 0 spiro atoms. The Labute approximate surface area is 261 Å². The number of hydrogen-bond acceptors (Lipinski definition) is 8. The average Bonchev–Trinajstić information content (AvgIpc) is 3.61. The molecule has 6 rings (SSSR count). The molecule has 3 heterocycles. The highest BCUT2D eigenvalue weighted by Crippen LogP contribution is 2.36. The first-order chi connectivity index (χ1) is 21.2. The summed E-state index contributed by atoms with van der Waals surface area (Å²) in [6.45, 7) is 1.80. The summed E-state index contributed by atoms with van der Waals surface area (Å²) in [6.07, 6.45) is 1.57. The number of furan rings is 1. The Kier molecular flexibility index (Phi) is 7.93. The van der Waals surface area contributed by atoms with Crippen molar-refractivity contribution < 1.29 is 23.3 Å². The number of rotatable bonds is 7. The number of nitro benzene ring substituents is 1. The number of benzene rings is 3. The number of hydrogen-bond donors (Lipinski definition) is 0. The highest BCUT2D eigenvalue weighted by Gasteiger charge is 2.35. The van der Waals surface area contributed by atoms with Gasteiger partial charge in [0.15, 0.2) is 4.80 Å². The van der Waals surface area contributed by atoms with Crippen molar-refractivity contribution in [3.8, 4) is 11.3 Å². The van der Waals surface area contributed by atoms with Gasteiger partial charge in [-0.05, 0) is 58.7 Å². The SMILES string of the molecule is CCOC(=O)C1=C(c2ccccc2)N=c2s/c(=C\c3ccc(-c4ccc([N+](=O)[O-])cc4Br)o3)c(=O)n2[C@H]1c1ccc(F)cc1. The van der Waals surface area contributed by atoms with E-state index >= 15 is 0 Å². The van der Waals surface area contributed by atoms with E-state index in [9.17, 15) is 24.1 Å². The van der Waals surface area contributed by atoms with E-state index in [2.05, 4.69) is 15.9 Å².